The third kappa shape index (κ3) is 10.3. The second-order valence-electron chi connectivity index (χ2n) is 18.0. The molecule has 4 aromatic rings. The van der Waals surface area contributed by atoms with Crippen molar-refractivity contribution < 1.29 is 28.4 Å². The summed E-state index contributed by atoms with van der Waals surface area (Å²) in [4.78, 5) is 28.6. The van der Waals surface area contributed by atoms with Gasteiger partial charge in [0.05, 0.1) is 45.6 Å². The molecular weight excluding hydrogens is 747 g/mol. The van der Waals surface area contributed by atoms with Crippen molar-refractivity contribution in [3.8, 4) is 23.3 Å². The molecule has 11 heteroatoms. The van der Waals surface area contributed by atoms with Gasteiger partial charge in [0.25, 0.3) is 11.1 Å². The summed E-state index contributed by atoms with van der Waals surface area (Å²) in [5.41, 5.74) is 5.18. The maximum absolute atomic E-state index is 13.2. The smallest absolute Gasteiger partial charge is 0.254 e. The quantitative estimate of drug-likeness (QED) is 0.141. The number of benzene rings is 2. The summed E-state index contributed by atoms with van der Waals surface area (Å²) < 4.78 is 37.8. The first-order chi connectivity index (χ1) is 28.4. The van der Waals surface area contributed by atoms with Crippen molar-refractivity contribution in [3.05, 3.63) is 122 Å². The highest BCUT2D eigenvalue weighted by Gasteiger charge is 2.46. The van der Waals surface area contributed by atoms with E-state index in [1.54, 1.807) is 15.3 Å². The van der Waals surface area contributed by atoms with Crippen LogP contribution in [0.2, 0.25) is 0 Å². The van der Waals surface area contributed by atoms with Crippen molar-refractivity contribution in [3.63, 3.8) is 0 Å². The molecule has 4 fully saturated rings. The van der Waals surface area contributed by atoms with E-state index in [2.05, 4.69) is 86.0 Å². The molecule has 2 aromatic heterocycles. The van der Waals surface area contributed by atoms with Gasteiger partial charge in [-0.05, 0) is 80.1 Å². The van der Waals surface area contributed by atoms with Crippen LogP contribution < -0.4 is 25.5 Å². The molecule has 0 amide bonds. The summed E-state index contributed by atoms with van der Waals surface area (Å²) >= 11 is 0. The van der Waals surface area contributed by atoms with Crippen LogP contribution in [0.5, 0.6) is 11.5 Å². The normalized spacial score (nSPS) is 22.7. The Morgan fingerprint density at radius 1 is 0.864 bits per heavy atom. The fourth-order valence-electron chi connectivity index (χ4n) is 8.47. The Bertz CT molecular complexity index is 2270. The number of ether oxygens (including phenoxy) is 6. The molecule has 0 spiro atoms. The summed E-state index contributed by atoms with van der Waals surface area (Å²) in [7, 11) is 0. The molecule has 3 saturated heterocycles. The second-order valence-corrected chi connectivity index (χ2v) is 18.0. The molecule has 59 heavy (non-hydrogen) atoms. The van der Waals surface area contributed by atoms with Gasteiger partial charge >= 0.3 is 0 Å². The first-order valence-corrected chi connectivity index (χ1v) is 21.0. The lowest BCUT2D eigenvalue weighted by Gasteiger charge is -2.50. The minimum Gasteiger partial charge on any atom is -0.491 e. The Labute approximate surface area is 347 Å². The maximum atomic E-state index is 13.2. The molecule has 8 rings (SSSR count). The van der Waals surface area contributed by atoms with Crippen molar-refractivity contribution in [1.82, 2.24) is 9.13 Å². The largest absolute Gasteiger partial charge is 0.491 e. The molecule has 11 nitrogen and oxygen atoms in total. The number of hydrogen-bond donors (Lipinski definition) is 0. The molecule has 4 aliphatic rings. The van der Waals surface area contributed by atoms with E-state index >= 15 is 0 Å². The lowest BCUT2D eigenvalue weighted by atomic mass is 9.76. The number of rotatable bonds is 13. The lowest BCUT2D eigenvalue weighted by Crippen LogP contribution is -2.55. The number of aryl methyl sites for hydroxylation is 1. The first-order valence-electron chi connectivity index (χ1n) is 21.0. The Morgan fingerprint density at radius 3 is 2.36 bits per heavy atom. The fourth-order valence-corrected chi connectivity index (χ4v) is 8.47. The molecule has 312 valence electrons. The molecule has 0 bridgehead atoms. The average Bonchev–Trinajstić information content (AvgIpc) is 3.96. The molecule has 3 unspecified atom stereocenters. The molecule has 5 heterocycles. The summed E-state index contributed by atoms with van der Waals surface area (Å²) in [6.07, 6.45) is 3.56. The van der Waals surface area contributed by atoms with Gasteiger partial charge in [-0.2, -0.15) is 0 Å². The van der Waals surface area contributed by atoms with Gasteiger partial charge in [-0.15, -0.1) is 0 Å². The van der Waals surface area contributed by atoms with Crippen LogP contribution in [-0.4, -0.2) is 80.9 Å². The standard InChI is InChI=1S/C48H57N3O8/c1-33-19-42(57-28-46-58-31-47(3,4)32-59-46)23-45(53)51(33)34(2)37-12-9-35(10-13-37)11-14-38-21-39(38)24-48(5)29-50(30-48)40-8-6-7-36(20-40)25-49-16-15-41(22-44(49)52)56-27-43-26-54-17-18-55-43/h6-10,12-13,15-16,19-20,22-23,34,38-39,43,46H,17-18,21,24-32H2,1-5H3/t34-,38?,39?,43?/m1/s1. The minimum atomic E-state index is -0.437. The zero-order valence-electron chi connectivity index (χ0n) is 35.0. The summed E-state index contributed by atoms with van der Waals surface area (Å²) in [6, 6.07) is 23.4. The fraction of sp³-hybridized carbons (Fsp3) is 0.500. The van der Waals surface area contributed by atoms with Crippen molar-refractivity contribution in [2.24, 2.45) is 22.7 Å². The molecule has 2 aromatic carbocycles. The highest BCUT2D eigenvalue weighted by Crippen LogP contribution is 2.49. The molecule has 1 saturated carbocycles. The van der Waals surface area contributed by atoms with Gasteiger partial charge < -0.3 is 42.5 Å². The molecule has 1 aliphatic carbocycles. The predicted octanol–water partition coefficient (Wildman–Crippen LogP) is 6.45. The van der Waals surface area contributed by atoms with Crippen LogP contribution in [0.1, 0.15) is 69.0 Å². The first kappa shape index (κ1) is 40.9. The molecule has 4 atom stereocenters. The van der Waals surface area contributed by atoms with Crippen LogP contribution in [0, 0.1) is 41.4 Å². The van der Waals surface area contributed by atoms with Crippen LogP contribution in [0.25, 0.3) is 0 Å². The molecule has 0 N–H and O–H groups in total. The zero-order valence-corrected chi connectivity index (χ0v) is 35.0. The van der Waals surface area contributed by atoms with Crippen molar-refractivity contribution in [1.29, 1.82) is 0 Å². The van der Waals surface area contributed by atoms with E-state index in [0.29, 0.717) is 69.5 Å². The number of nitrogens with zero attached hydrogens (tertiary/aromatic N) is 3. The van der Waals surface area contributed by atoms with E-state index in [4.69, 9.17) is 28.4 Å². The Balaban J connectivity index is 0.788. The number of hydrogen-bond acceptors (Lipinski definition) is 9. The average molecular weight is 804 g/mol. The van der Waals surface area contributed by atoms with Gasteiger partial charge in [-0.1, -0.05) is 56.9 Å². The SMILES string of the molecule is Cc1cc(OCC2OCC(C)(C)CO2)cc(=O)n1[C@H](C)c1ccc(C#CC2CC2CC2(C)CN(c3cccc(Cn4ccc(OCC5COCCO5)cc4=O)c3)C2)cc1. The van der Waals surface area contributed by atoms with Crippen LogP contribution in [0.3, 0.4) is 0 Å². The summed E-state index contributed by atoms with van der Waals surface area (Å²) in [5, 5.41) is 0. The zero-order chi connectivity index (χ0) is 41.1. The predicted molar refractivity (Wildman–Crippen MR) is 226 cm³/mol. The van der Waals surface area contributed by atoms with E-state index in [-0.39, 0.29) is 40.7 Å². The van der Waals surface area contributed by atoms with Crippen molar-refractivity contribution >= 4 is 5.69 Å². The maximum Gasteiger partial charge on any atom is 0.254 e. The number of pyridine rings is 2. The van der Waals surface area contributed by atoms with Crippen molar-refractivity contribution in [2.75, 3.05) is 64.2 Å². The highest BCUT2D eigenvalue weighted by atomic mass is 16.7. The highest BCUT2D eigenvalue weighted by molar-refractivity contribution is 5.52. The number of anilines is 1. The third-order valence-electron chi connectivity index (χ3n) is 11.9. The van der Waals surface area contributed by atoms with E-state index in [9.17, 15) is 9.59 Å². The van der Waals surface area contributed by atoms with Crippen LogP contribution >= 0.6 is 0 Å². The molecule has 0 radical (unpaired) electrons. The minimum absolute atomic E-state index is 0.00833. The van der Waals surface area contributed by atoms with E-state index in [1.807, 2.05) is 26.0 Å². The topological polar surface area (TPSA) is 103 Å². The summed E-state index contributed by atoms with van der Waals surface area (Å²) in [6.45, 7) is 16.6. The van der Waals surface area contributed by atoms with Gasteiger partial charge in [0, 0.05) is 65.1 Å². The van der Waals surface area contributed by atoms with Gasteiger partial charge in [0.15, 0.2) is 6.29 Å². The van der Waals surface area contributed by atoms with E-state index < -0.39 is 6.29 Å². The van der Waals surface area contributed by atoms with Crippen molar-refractivity contribution in [2.45, 2.75) is 72.4 Å². The Kier molecular flexibility index (Phi) is 12.1. The van der Waals surface area contributed by atoms with Crippen LogP contribution in [-0.2, 0) is 25.5 Å². The Hall–Kier alpha value is -4.86. The summed E-state index contributed by atoms with van der Waals surface area (Å²) in [5.74, 6) is 9.08. The second kappa shape index (κ2) is 17.4. The van der Waals surface area contributed by atoms with Crippen LogP contribution in [0.15, 0.2) is 88.6 Å². The Morgan fingerprint density at radius 2 is 1.63 bits per heavy atom. The molecular formula is C48H57N3O8. The van der Waals surface area contributed by atoms with E-state index in [1.165, 1.54) is 24.2 Å². The van der Waals surface area contributed by atoms with Gasteiger partial charge in [0.2, 0.25) is 0 Å². The number of aromatic nitrogens is 2. The van der Waals surface area contributed by atoms with Gasteiger partial charge in [-0.3, -0.25) is 9.59 Å². The van der Waals surface area contributed by atoms with Gasteiger partial charge in [-0.25, -0.2) is 0 Å². The van der Waals surface area contributed by atoms with E-state index in [0.717, 1.165) is 41.9 Å². The van der Waals surface area contributed by atoms with Gasteiger partial charge in [0.1, 0.15) is 30.8 Å². The van der Waals surface area contributed by atoms with Crippen LogP contribution in [0.4, 0.5) is 5.69 Å². The third-order valence-corrected chi connectivity index (χ3v) is 11.9. The monoisotopic (exact) mass is 803 g/mol. The lowest BCUT2D eigenvalue weighted by molar-refractivity contribution is -0.230. The molecule has 3 aliphatic heterocycles.